The number of aromatic hydroxyl groups is 1. The van der Waals surface area contributed by atoms with Crippen molar-refractivity contribution in [3.8, 4) is 28.1 Å². The molecule has 0 unspecified atom stereocenters. The van der Waals surface area contributed by atoms with Gasteiger partial charge in [0.05, 0.1) is 16.7 Å². The van der Waals surface area contributed by atoms with Crippen molar-refractivity contribution >= 4 is 40.7 Å². The third-order valence-electron chi connectivity index (χ3n) is 4.73. The van der Waals surface area contributed by atoms with Crippen LogP contribution in [0.15, 0.2) is 85.3 Å². The number of phenolic OH excluding ortho intramolecular Hbond substituents is 1. The van der Waals surface area contributed by atoms with E-state index in [9.17, 15) is 5.11 Å². The van der Waals surface area contributed by atoms with Crippen molar-refractivity contribution in [2.24, 2.45) is 0 Å². The van der Waals surface area contributed by atoms with Gasteiger partial charge in [-0.2, -0.15) is 0 Å². The van der Waals surface area contributed by atoms with Crippen LogP contribution in [0, 0.1) is 0 Å². The summed E-state index contributed by atoms with van der Waals surface area (Å²) in [5, 5.41) is 12.4. The standard InChI is InChI=1S/C23H15N3O.Li/c27-21-9-7-16(14-19(21)20-5-1-2-11-24-20)17-10-13-26-23-18(17)8-6-15-4-3-12-25-22(15)23;/h1-14,27H;. The first-order valence-corrected chi connectivity index (χ1v) is 8.68. The molecule has 0 aliphatic rings. The SMILES string of the molecule is Oc1ccc(-c2ccnc3c2ccc2cccnc23)cc1-c1ccccn1.[Li]. The van der Waals surface area contributed by atoms with Gasteiger partial charge in [-0.3, -0.25) is 15.0 Å². The molecular weight excluding hydrogens is 341 g/mol. The van der Waals surface area contributed by atoms with Crippen LogP contribution in [-0.2, 0) is 0 Å². The van der Waals surface area contributed by atoms with Crippen LogP contribution in [0.3, 0.4) is 0 Å². The van der Waals surface area contributed by atoms with Crippen molar-refractivity contribution in [1.82, 2.24) is 15.0 Å². The summed E-state index contributed by atoms with van der Waals surface area (Å²) >= 11 is 0. The summed E-state index contributed by atoms with van der Waals surface area (Å²) in [5.74, 6) is 0.211. The van der Waals surface area contributed by atoms with Crippen LogP contribution < -0.4 is 0 Å². The minimum absolute atomic E-state index is 0. The summed E-state index contributed by atoms with van der Waals surface area (Å²) in [6.07, 6.45) is 5.32. The molecule has 0 saturated carbocycles. The number of phenols is 1. The van der Waals surface area contributed by atoms with E-state index in [1.807, 2.05) is 48.5 Å². The molecule has 28 heavy (non-hydrogen) atoms. The summed E-state index contributed by atoms with van der Waals surface area (Å²) < 4.78 is 0. The molecule has 1 N–H and O–H groups in total. The molecule has 4 nitrogen and oxygen atoms in total. The number of hydrogen-bond acceptors (Lipinski definition) is 4. The van der Waals surface area contributed by atoms with E-state index in [2.05, 4.69) is 27.1 Å². The monoisotopic (exact) mass is 356 g/mol. The first-order chi connectivity index (χ1) is 13.3. The van der Waals surface area contributed by atoms with Gasteiger partial charge in [-0.15, -0.1) is 0 Å². The summed E-state index contributed by atoms with van der Waals surface area (Å²) in [4.78, 5) is 13.4. The van der Waals surface area contributed by atoms with Gasteiger partial charge in [0, 0.05) is 53.8 Å². The minimum Gasteiger partial charge on any atom is -0.507 e. The molecule has 0 aliphatic heterocycles. The zero-order valence-electron chi connectivity index (χ0n) is 15.4. The third-order valence-corrected chi connectivity index (χ3v) is 4.73. The van der Waals surface area contributed by atoms with E-state index in [-0.39, 0.29) is 24.6 Å². The first-order valence-electron chi connectivity index (χ1n) is 8.68. The van der Waals surface area contributed by atoms with Gasteiger partial charge in [0.1, 0.15) is 5.75 Å². The van der Waals surface area contributed by atoms with Crippen molar-refractivity contribution in [1.29, 1.82) is 0 Å². The molecule has 0 atom stereocenters. The van der Waals surface area contributed by atoms with Gasteiger partial charge in [-0.1, -0.05) is 30.3 Å². The van der Waals surface area contributed by atoms with Gasteiger partial charge in [0.15, 0.2) is 0 Å². The summed E-state index contributed by atoms with van der Waals surface area (Å²) in [5.41, 5.74) is 5.25. The average molecular weight is 356 g/mol. The Labute approximate surface area is 174 Å². The Kier molecular flexibility index (Phi) is 4.83. The maximum absolute atomic E-state index is 10.3. The maximum atomic E-state index is 10.3. The van der Waals surface area contributed by atoms with Gasteiger partial charge in [-0.05, 0) is 47.5 Å². The summed E-state index contributed by atoms with van der Waals surface area (Å²) in [6.45, 7) is 0. The van der Waals surface area contributed by atoms with Crippen molar-refractivity contribution in [3.05, 3.63) is 85.3 Å². The number of hydrogen-bond donors (Lipinski definition) is 1. The molecule has 0 fully saturated rings. The molecule has 1 radical (unpaired) electrons. The Morgan fingerprint density at radius 2 is 1.50 bits per heavy atom. The predicted octanol–water partition coefficient (Wildman–Crippen LogP) is 4.84. The van der Waals surface area contributed by atoms with Gasteiger partial charge >= 0.3 is 0 Å². The molecular formula is C23H15LiN3O. The largest absolute Gasteiger partial charge is 0.507 e. The zero-order chi connectivity index (χ0) is 18.2. The fourth-order valence-electron chi connectivity index (χ4n) is 3.44. The van der Waals surface area contributed by atoms with E-state index in [1.54, 1.807) is 24.7 Å². The van der Waals surface area contributed by atoms with Crippen molar-refractivity contribution in [2.75, 3.05) is 0 Å². The van der Waals surface area contributed by atoms with Crippen LogP contribution in [0.2, 0.25) is 0 Å². The van der Waals surface area contributed by atoms with E-state index in [4.69, 9.17) is 0 Å². The molecule has 2 aromatic carbocycles. The Morgan fingerprint density at radius 3 is 2.36 bits per heavy atom. The van der Waals surface area contributed by atoms with Crippen LogP contribution in [0.4, 0.5) is 0 Å². The average Bonchev–Trinajstić information content (AvgIpc) is 2.74. The Morgan fingerprint density at radius 1 is 0.643 bits per heavy atom. The Balaban J connectivity index is 0.00000192. The number of fused-ring (bicyclic) bond motifs is 3. The van der Waals surface area contributed by atoms with Crippen LogP contribution in [0.1, 0.15) is 0 Å². The summed E-state index contributed by atoms with van der Waals surface area (Å²) in [6, 6.07) is 21.4. The fourth-order valence-corrected chi connectivity index (χ4v) is 3.44. The van der Waals surface area contributed by atoms with E-state index >= 15 is 0 Å². The molecule has 5 heteroatoms. The van der Waals surface area contributed by atoms with Gasteiger partial charge in [0.25, 0.3) is 0 Å². The number of nitrogens with zero attached hydrogens (tertiary/aromatic N) is 3. The molecule has 0 spiro atoms. The smallest absolute Gasteiger partial charge is 0.125 e. The van der Waals surface area contributed by atoms with Crippen molar-refractivity contribution in [2.45, 2.75) is 0 Å². The normalized spacial score (nSPS) is 10.7. The number of benzene rings is 2. The topological polar surface area (TPSA) is 58.9 Å². The minimum atomic E-state index is 0. The Hall–Kier alpha value is -3.19. The molecule has 0 bridgehead atoms. The van der Waals surface area contributed by atoms with Crippen molar-refractivity contribution < 1.29 is 5.11 Å². The van der Waals surface area contributed by atoms with Crippen LogP contribution in [0.25, 0.3) is 44.2 Å². The Bertz CT molecular complexity index is 1290. The maximum Gasteiger partial charge on any atom is 0.125 e. The second-order valence-corrected chi connectivity index (χ2v) is 6.34. The van der Waals surface area contributed by atoms with Crippen molar-refractivity contribution in [3.63, 3.8) is 0 Å². The first kappa shape index (κ1) is 18.2. The third kappa shape index (κ3) is 3.03. The van der Waals surface area contributed by atoms with Crippen LogP contribution in [-0.4, -0.2) is 38.9 Å². The second-order valence-electron chi connectivity index (χ2n) is 6.34. The van der Waals surface area contributed by atoms with Gasteiger partial charge in [0.2, 0.25) is 0 Å². The molecule has 5 aromatic rings. The van der Waals surface area contributed by atoms with Gasteiger partial charge < -0.3 is 5.11 Å². The van der Waals surface area contributed by atoms with Gasteiger partial charge in [-0.25, -0.2) is 0 Å². The fraction of sp³-hybridized carbons (Fsp3) is 0. The molecule has 129 valence electrons. The number of pyridine rings is 3. The molecule has 0 amide bonds. The summed E-state index contributed by atoms with van der Waals surface area (Å²) in [7, 11) is 0. The molecule has 3 aromatic heterocycles. The van der Waals surface area contributed by atoms with Crippen LogP contribution in [0.5, 0.6) is 5.75 Å². The quantitative estimate of drug-likeness (QED) is 0.363. The van der Waals surface area contributed by atoms with E-state index in [0.29, 0.717) is 5.56 Å². The second kappa shape index (κ2) is 7.44. The van der Waals surface area contributed by atoms with E-state index < -0.39 is 0 Å². The van der Waals surface area contributed by atoms with E-state index in [0.717, 1.165) is 38.6 Å². The van der Waals surface area contributed by atoms with E-state index in [1.165, 1.54) is 0 Å². The molecule has 0 saturated heterocycles. The number of aromatic nitrogens is 3. The predicted molar refractivity (Wildman–Crippen MR) is 113 cm³/mol. The molecule has 0 aliphatic carbocycles. The molecule has 5 rings (SSSR count). The zero-order valence-corrected chi connectivity index (χ0v) is 15.4. The molecule has 3 heterocycles. The van der Waals surface area contributed by atoms with Crippen LogP contribution >= 0.6 is 0 Å². The number of rotatable bonds is 2.